The highest BCUT2D eigenvalue weighted by atomic mass is 16.8. The number of rotatable bonds is 22. The Labute approximate surface area is 378 Å². The molecule has 3 fully saturated rings. The molecule has 352 valence electrons. The highest BCUT2D eigenvalue weighted by molar-refractivity contribution is 5.16. The van der Waals surface area contributed by atoms with E-state index >= 15 is 0 Å². The molecule has 3 aliphatic heterocycles. The van der Waals surface area contributed by atoms with Crippen molar-refractivity contribution in [1.29, 1.82) is 0 Å². The van der Waals surface area contributed by atoms with Crippen LogP contribution in [0.4, 0.5) is 0 Å². The lowest BCUT2D eigenvalue weighted by Gasteiger charge is -2.49. The van der Waals surface area contributed by atoms with Crippen molar-refractivity contribution in [1.82, 2.24) is 0 Å². The predicted molar refractivity (Wildman–Crippen MR) is 231 cm³/mol. The largest absolute Gasteiger partial charge is 0.394 e. The molecule has 3 aliphatic rings. The van der Waals surface area contributed by atoms with Crippen LogP contribution in [0.15, 0.2) is 134 Å². The summed E-state index contributed by atoms with van der Waals surface area (Å²) in [7, 11) is 0. The summed E-state index contributed by atoms with van der Waals surface area (Å²) in [4.78, 5) is 0. The van der Waals surface area contributed by atoms with Gasteiger partial charge in [0.2, 0.25) is 0 Å². The van der Waals surface area contributed by atoms with Crippen LogP contribution in [0.3, 0.4) is 0 Å². The first-order valence-electron chi connectivity index (χ1n) is 21.8. The molecular weight excluding hydrogens is 845 g/mol. The first-order valence-corrected chi connectivity index (χ1v) is 21.8. The summed E-state index contributed by atoms with van der Waals surface area (Å²) in [5.74, 6) is 0. The maximum Gasteiger partial charge on any atom is 0.187 e. The Morgan fingerprint density at radius 1 is 0.431 bits per heavy atom. The van der Waals surface area contributed by atoms with Gasteiger partial charge >= 0.3 is 0 Å². The van der Waals surface area contributed by atoms with E-state index in [2.05, 4.69) is 6.58 Å². The molecule has 3 heterocycles. The molecule has 0 amide bonds. The van der Waals surface area contributed by atoms with Crippen molar-refractivity contribution >= 4 is 0 Å². The van der Waals surface area contributed by atoms with E-state index in [9.17, 15) is 30.6 Å². The van der Waals surface area contributed by atoms with E-state index in [1.807, 2.05) is 121 Å². The molecule has 3 saturated heterocycles. The first kappa shape index (κ1) is 48.9. The third-order valence-electron chi connectivity index (χ3n) is 11.4. The lowest BCUT2D eigenvalue weighted by molar-refractivity contribution is -0.384. The molecule has 65 heavy (non-hydrogen) atoms. The Morgan fingerprint density at radius 3 is 1.31 bits per heavy atom. The second-order valence-electron chi connectivity index (χ2n) is 16.1. The van der Waals surface area contributed by atoms with Crippen LogP contribution >= 0.6 is 0 Å². The molecule has 6 N–H and O–H groups in total. The average molecular weight is 905 g/mol. The molecule has 0 saturated carbocycles. The van der Waals surface area contributed by atoms with Crippen LogP contribution in [0.1, 0.15) is 22.3 Å². The average Bonchev–Trinajstić information content (AvgIpc) is 3.34. The summed E-state index contributed by atoms with van der Waals surface area (Å²) in [5.41, 5.74) is 3.56. The minimum atomic E-state index is -1.86. The summed E-state index contributed by atoms with van der Waals surface area (Å²) >= 11 is 0. The monoisotopic (exact) mass is 904 g/mol. The Kier molecular flexibility index (Phi) is 18.6. The topological polar surface area (TPSA) is 214 Å². The van der Waals surface area contributed by atoms with Gasteiger partial charge in [-0.15, -0.1) is 6.58 Å². The second-order valence-corrected chi connectivity index (χ2v) is 16.1. The van der Waals surface area contributed by atoms with E-state index in [0.29, 0.717) is 0 Å². The van der Waals surface area contributed by atoms with E-state index < -0.39 is 105 Å². The van der Waals surface area contributed by atoms with Crippen LogP contribution in [0.2, 0.25) is 0 Å². The number of hydrogen-bond acceptors (Lipinski definition) is 16. The van der Waals surface area contributed by atoms with E-state index in [1.54, 1.807) is 0 Å². The smallest absolute Gasteiger partial charge is 0.187 e. The summed E-state index contributed by atoms with van der Waals surface area (Å²) in [6.07, 6.45) is -19.1. The number of aliphatic hydroxyl groups excluding tert-OH is 6. The summed E-state index contributed by atoms with van der Waals surface area (Å²) in [6.45, 7) is 2.85. The number of benzene rings is 4. The molecule has 16 nitrogen and oxygen atoms in total. The van der Waals surface area contributed by atoms with Crippen molar-refractivity contribution in [2.45, 2.75) is 119 Å². The van der Waals surface area contributed by atoms with E-state index in [4.69, 9.17) is 47.4 Å². The summed E-state index contributed by atoms with van der Waals surface area (Å²) in [6, 6.07) is 38.4. The molecule has 0 aliphatic carbocycles. The third-order valence-corrected chi connectivity index (χ3v) is 11.4. The molecule has 15 atom stereocenters. The maximum atomic E-state index is 11.8. The van der Waals surface area contributed by atoms with E-state index in [1.165, 1.54) is 6.08 Å². The number of ether oxygens (including phenoxy) is 10. The Morgan fingerprint density at radius 2 is 0.831 bits per heavy atom. The molecular formula is C49H60O16. The van der Waals surface area contributed by atoms with Gasteiger partial charge in [0.1, 0.15) is 73.2 Å². The number of aliphatic hydroxyl groups is 6. The molecule has 4 aromatic carbocycles. The highest BCUT2D eigenvalue weighted by Crippen LogP contribution is 2.36. The SMILES string of the molecule is C=CCO[C@@H]1O[C@H](CO)[C@@H](O[C@@H]2O[C@H](CO)[C@H](O[C@H]3O[C@H](COCc4ccccc4)[C@H](OCc4ccccc4)[C@H](OCc4ccccc4)[C@H]3OCc3ccccc3)[C@H](O)[C@H]2O)[C@H](O)[C@H]1O. The lowest BCUT2D eigenvalue weighted by atomic mass is 9.95. The molecule has 0 aromatic heterocycles. The zero-order valence-electron chi connectivity index (χ0n) is 35.9. The Balaban J connectivity index is 1.17. The van der Waals surface area contributed by atoms with Gasteiger partial charge in [0.15, 0.2) is 18.9 Å². The van der Waals surface area contributed by atoms with Gasteiger partial charge in [0.05, 0.1) is 52.9 Å². The Bertz CT molecular complexity index is 1950. The van der Waals surface area contributed by atoms with Gasteiger partial charge in [-0.3, -0.25) is 0 Å². The predicted octanol–water partition coefficient (Wildman–Crippen LogP) is 2.54. The van der Waals surface area contributed by atoms with Crippen LogP contribution in [-0.4, -0.2) is 149 Å². The van der Waals surface area contributed by atoms with Gasteiger partial charge in [-0.25, -0.2) is 0 Å². The fourth-order valence-corrected chi connectivity index (χ4v) is 8.02. The molecule has 0 unspecified atom stereocenters. The molecule has 4 aromatic rings. The van der Waals surface area contributed by atoms with Gasteiger partial charge < -0.3 is 78.0 Å². The quantitative estimate of drug-likeness (QED) is 0.0626. The zero-order chi connectivity index (χ0) is 45.5. The Hall–Kier alpha value is -4.02. The van der Waals surface area contributed by atoms with Gasteiger partial charge in [0, 0.05) is 0 Å². The minimum Gasteiger partial charge on any atom is -0.394 e. The van der Waals surface area contributed by atoms with E-state index in [0.717, 1.165) is 22.3 Å². The van der Waals surface area contributed by atoms with Crippen molar-refractivity contribution in [3.63, 3.8) is 0 Å². The molecule has 0 spiro atoms. The van der Waals surface area contributed by atoms with Gasteiger partial charge in [-0.2, -0.15) is 0 Å². The van der Waals surface area contributed by atoms with Crippen LogP contribution < -0.4 is 0 Å². The third kappa shape index (κ3) is 12.9. The van der Waals surface area contributed by atoms with Crippen molar-refractivity contribution < 1.29 is 78.0 Å². The van der Waals surface area contributed by atoms with Crippen molar-refractivity contribution in [2.75, 3.05) is 26.4 Å². The van der Waals surface area contributed by atoms with Crippen LogP contribution in [0, 0.1) is 0 Å². The standard InChI is InChI=1S/C49H60O16/c1-2-23-57-47-40(54)38(52)42(35(24-50)61-47)64-48-41(55)39(53)43(36(25-51)62-48)65-49-46(60-29-34-21-13-6-14-22-34)45(59-28-33-19-11-5-12-20-33)44(58-27-32-17-9-4-10-18-32)37(63-49)30-56-26-31-15-7-3-8-16-31/h2-22,35-55H,1,23-30H2/t35-,36-,37-,38-,39-,40-,41-,42-,43+,44+,45+,46-,47-,48+,49-/m1/s1. The molecule has 16 heteroatoms. The van der Waals surface area contributed by atoms with Crippen molar-refractivity contribution in [3.8, 4) is 0 Å². The van der Waals surface area contributed by atoms with Gasteiger partial charge in [-0.1, -0.05) is 127 Å². The molecule has 0 bridgehead atoms. The van der Waals surface area contributed by atoms with Gasteiger partial charge in [-0.05, 0) is 22.3 Å². The van der Waals surface area contributed by atoms with E-state index in [-0.39, 0.29) is 39.6 Å². The second kappa shape index (κ2) is 24.7. The number of hydrogen-bond donors (Lipinski definition) is 6. The van der Waals surface area contributed by atoms with Crippen LogP contribution in [-0.2, 0) is 73.8 Å². The fraction of sp³-hybridized carbons (Fsp3) is 0.469. The zero-order valence-corrected chi connectivity index (χ0v) is 35.9. The summed E-state index contributed by atoms with van der Waals surface area (Å²) in [5, 5.41) is 66.1. The first-order chi connectivity index (χ1) is 31.8. The van der Waals surface area contributed by atoms with Crippen molar-refractivity contribution in [3.05, 3.63) is 156 Å². The maximum absolute atomic E-state index is 11.8. The van der Waals surface area contributed by atoms with Crippen molar-refractivity contribution in [2.24, 2.45) is 0 Å². The molecule has 7 rings (SSSR count). The lowest BCUT2D eigenvalue weighted by Crippen LogP contribution is -2.67. The minimum absolute atomic E-state index is 0.0135. The van der Waals surface area contributed by atoms with Gasteiger partial charge in [0.25, 0.3) is 0 Å². The normalized spacial score (nSPS) is 32.8. The summed E-state index contributed by atoms with van der Waals surface area (Å²) < 4.78 is 62.9. The van der Waals surface area contributed by atoms with Crippen LogP contribution in [0.25, 0.3) is 0 Å². The van der Waals surface area contributed by atoms with Crippen LogP contribution in [0.5, 0.6) is 0 Å². The molecule has 0 radical (unpaired) electrons. The highest BCUT2D eigenvalue weighted by Gasteiger charge is 2.55. The fourth-order valence-electron chi connectivity index (χ4n) is 8.02.